The van der Waals surface area contributed by atoms with Gasteiger partial charge < -0.3 is 9.47 Å². The summed E-state index contributed by atoms with van der Waals surface area (Å²) in [6.07, 6.45) is 8.04. The zero-order valence-electron chi connectivity index (χ0n) is 14.3. The smallest absolute Gasteiger partial charge is 0.254 e. The zero-order valence-corrected chi connectivity index (χ0v) is 15.1. The number of nitrogens with zero attached hydrogens (tertiary/aromatic N) is 2. The summed E-state index contributed by atoms with van der Waals surface area (Å²) < 4.78 is 13.6. The van der Waals surface area contributed by atoms with Gasteiger partial charge in [-0.05, 0) is 49.2 Å². The number of aryl methyl sites for hydroxylation is 1. The van der Waals surface area contributed by atoms with E-state index in [1.807, 2.05) is 24.2 Å². The molecule has 5 heteroatoms. The first kappa shape index (κ1) is 17.0. The molecule has 2 atom stereocenters. The Balaban J connectivity index is 1.89. The third-order valence-electron chi connectivity index (χ3n) is 4.77. The van der Waals surface area contributed by atoms with Crippen LogP contribution in [0.4, 0.5) is 0 Å². The average molecular weight is 344 g/mol. The van der Waals surface area contributed by atoms with E-state index in [9.17, 15) is 9.00 Å². The number of benzene rings is 1. The van der Waals surface area contributed by atoms with Gasteiger partial charge in [-0.3, -0.25) is 9.00 Å². The Morgan fingerprint density at radius 1 is 1.12 bits per heavy atom. The van der Waals surface area contributed by atoms with Crippen LogP contribution in [0.3, 0.4) is 0 Å². The second kappa shape index (κ2) is 7.34. The zero-order chi connectivity index (χ0) is 17.1. The molecule has 0 radical (unpaired) electrons. The van der Waals surface area contributed by atoms with Gasteiger partial charge in [0.25, 0.3) is 5.91 Å². The molecular weight excluding hydrogens is 320 g/mol. The maximum Gasteiger partial charge on any atom is 0.254 e. The van der Waals surface area contributed by atoms with Crippen molar-refractivity contribution in [3.05, 3.63) is 53.9 Å². The summed E-state index contributed by atoms with van der Waals surface area (Å²) >= 11 is 0. The van der Waals surface area contributed by atoms with Crippen molar-refractivity contribution < 1.29 is 9.00 Å². The lowest BCUT2D eigenvalue weighted by Gasteiger charge is -2.30. The summed E-state index contributed by atoms with van der Waals surface area (Å²) in [6, 6.07) is 11.4. The van der Waals surface area contributed by atoms with Gasteiger partial charge in [-0.2, -0.15) is 0 Å². The third kappa shape index (κ3) is 3.46. The quantitative estimate of drug-likeness (QED) is 0.855. The molecule has 1 aliphatic rings. The van der Waals surface area contributed by atoms with Gasteiger partial charge in [0.2, 0.25) is 0 Å². The van der Waals surface area contributed by atoms with Crippen LogP contribution < -0.4 is 0 Å². The van der Waals surface area contributed by atoms with Crippen molar-refractivity contribution in [2.45, 2.75) is 36.6 Å². The number of hydrogen-bond acceptors (Lipinski definition) is 2. The first-order valence-corrected chi connectivity index (χ1v) is 9.99. The molecule has 0 spiro atoms. The Labute approximate surface area is 145 Å². The van der Waals surface area contributed by atoms with E-state index in [1.54, 1.807) is 30.5 Å². The van der Waals surface area contributed by atoms with Gasteiger partial charge in [-0.25, -0.2) is 0 Å². The van der Waals surface area contributed by atoms with Crippen LogP contribution in [0.1, 0.15) is 47.8 Å². The molecule has 0 bridgehead atoms. The van der Waals surface area contributed by atoms with Crippen molar-refractivity contribution in [2.24, 2.45) is 7.05 Å². The summed E-state index contributed by atoms with van der Waals surface area (Å²) in [5.74, 6) is 0.0662. The van der Waals surface area contributed by atoms with Crippen LogP contribution in [0.25, 0.3) is 0 Å². The first-order valence-electron chi connectivity index (χ1n) is 8.43. The van der Waals surface area contributed by atoms with E-state index >= 15 is 0 Å². The normalized spacial score (nSPS) is 19.8. The Morgan fingerprint density at radius 2 is 1.88 bits per heavy atom. The van der Waals surface area contributed by atoms with Crippen LogP contribution in [-0.2, 0) is 17.8 Å². The Kier molecular flexibility index (Phi) is 5.19. The fraction of sp³-hybridized carbons (Fsp3) is 0.421. The number of amides is 1. The van der Waals surface area contributed by atoms with Crippen molar-refractivity contribution >= 4 is 16.7 Å². The van der Waals surface area contributed by atoms with Crippen LogP contribution in [0.5, 0.6) is 0 Å². The minimum atomic E-state index is -1.02. The molecule has 2 aromatic rings. The molecule has 24 heavy (non-hydrogen) atoms. The molecule has 1 saturated heterocycles. The van der Waals surface area contributed by atoms with Gasteiger partial charge in [0.05, 0.1) is 6.04 Å². The average Bonchev–Trinajstić information content (AvgIpc) is 2.86. The van der Waals surface area contributed by atoms with Crippen molar-refractivity contribution in [1.82, 2.24) is 9.47 Å². The van der Waals surface area contributed by atoms with Crippen LogP contribution in [0, 0.1) is 0 Å². The predicted molar refractivity (Wildman–Crippen MR) is 96.4 cm³/mol. The molecule has 0 saturated carbocycles. The van der Waals surface area contributed by atoms with E-state index in [2.05, 4.69) is 10.6 Å². The molecular formula is C19H24N2O2S. The van der Waals surface area contributed by atoms with E-state index in [0.717, 1.165) is 30.7 Å². The summed E-state index contributed by atoms with van der Waals surface area (Å²) in [5.41, 5.74) is 1.86. The molecule has 0 unspecified atom stereocenters. The third-order valence-corrected chi connectivity index (χ3v) is 5.71. The van der Waals surface area contributed by atoms with Gasteiger partial charge in [0.15, 0.2) is 0 Å². The van der Waals surface area contributed by atoms with E-state index in [4.69, 9.17) is 0 Å². The molecule has 1 aliphatic heterocycles. The topological polar surface area (TPSA) is 42.3 Å². The van der Waals surface area contributed by atoms with Crippen molar-refractivity contribution in [2.75, 3.05) is 12.8 Å². The highest BCUT2D eigenvalue weighted by atomic mass is 32.2. The number of carbonyl (C=O) groups excluding carboxylic acids is 1. The Hall–Kier alpha value is -1.88. The summed E-state index contributed by atoms with van der Waals surface area (Å²) in [7, 11) is 1.02. The molecule has 4 nitrogen and oxygen atoms in total. The maximum atomic E-state index is 13.1. The van der Waals surface area contributed by atoms with Crippen LogP contribution in [0.2, 0.25) is 0 Å². The van der Waals surface area contributed by atoms with Gasteiger partial charge >= 0.3 is 0 Å². The van der Waals surface area contributed by atoms with E-state index in [-0.39, 0.29) is 11.9 Å². The second-order valence-corrected chi connectivity index (χ2v) is 7.77. The molecule has 1 aromatic heterocycles. The number of aromatic nitrogens is 1. The largest absolute Gasteiger partial charge is 0.353 e. The lowest BCUT2D eigenvalue weighted by molar-refractivity contribution is 0.0674. The lowest BCUT2D eigenvalue weighted by atomic mass is 10.1. The highest BCUT2D eigenvalue weighted by molar-refractivity contribution is 7.84. The Morgan fingerprint density at radius 3 is 2.50 bits per heavy atom. The van der Waals surface area contributed by atoms with Crippen molar-refractivity contribution in [3.8, 4) is 0 Å². The molecule has 0 N–H and O–H groups in total. The SMILES string of the molecule is Cn1cccc1[C@@H]1CCCCCN1C(=O)c1ccc([S@@](C)=O)cc1. The molecule has 1 amide bonds. The Bertz CT molecular complexity index is 736. The van der Waals surface area contributed by atoms with Crippen LogP contribution in [-0.4, -0.2) is 32.4 Å². The summed E-state index contributed by atoms with van der Waals surface area (Å²) in [5, 5.41) is 0. The van der Waals surface area contributed by atoms with Crippen LogP contribution in [0.15, 0.2) is 47.5 Å². The molecule has 128 valence electrons. The van der Waals surface area contributed by atoms with E-state index < -0.39 is 10.8 Å². The number of hydrogen-bond donors (Lipinski definition) is 0. The number of carbonyl (C=O) groups is 1. The van der Waals surface area contributed by atoms with Crippen LogP contribution >= 0.6 is 0 Å². The van der Waals surface area contributed by atoms with E-state index in [0.29, 0.717) is 5.56 Å². The van der Waals surface area contributed by atoms with Gasteiger partial charge in [0, 0.05) is 53.0 Å². The molecule has 3 rings (SSSR count). The van der Waals surface area contributed by atoms with Gasteiger partial charge in [-0.1, -0.05) is 12.8 Å². The highest BCUT2D eigenvalue weighted by Gasteiger charge is 2.28. The first-order chi connectivity index (χ1) is 11.6. The fourth-order valence-corrected chi connectivity index (χ4v) is 3.95. The highest BCUT2D eigenvalue weighted by Crippen LogP contribution is 2.31. The fourth-order valence-electron chi connectivity index (χ4n) is 3.43. The van der Waals surface area contributed by atoms with Crippen molar-refractivity contribution in [1.29, 1.82) is 0 Å². The standard InChI is InChI=1S/C19H24N2O2S/c1-20-13-6-8-17(20)18-7-4-3-5-14-21(18)19(22)15-9-11-16(12-10-15)24(2)23/h6,8-13,18H,3-5,7,14H2,1-2H3/t18-,24+/m0/s1. The number of likely N-dealkylation sites (tertiary alicyclic amines) is 1. The molecule has 1 aromatic carbocycles. The van der Waals surface area contributed by atoms with Crippen molar-refractivity contribution in [3.63, 3.8) is 0 Å². The van der Waals surface area contributed by atoms with Gasteiger partial charge in [-0.15, -0.1) is 0 Å². The summed E-state index contributed by atoms with van der Waals surface area (Å²) in [6.45, 7) is 0.788. The maximum absolute atomic E-state index is 13.1. The number of rotatable bonds is 3. The lowest BCUT2D eigenvalue weighted by Crippen LogP contribution is -2.35. The predicted octanol–water partition coefficient (Wildman–Crippen LogP) is 3.52. The van der Waals surface area contributed by atoms with E-state index in [1.165, 1.54) is 12.1 Å². The molecule has 2 heterocycles. The molecule has 0 aliphatic carbocycles. The molecule has 1 fully saturated rings. The summed E-state index contributed by atoms with van der Waals surface area (Å²) in [4.78, 5) is 15.9. The van der Waals surface area contributed by atoms with Gasteiger partial charge in [0.1, 0.15) is 0 Å². The monoisotopic (exact) mass is 344 g/mol. The second-order valence-electron chi connectivity index (χ2n) is 6.39. The minimum absolute atomic E-state index is 0.0662. The minimum Gasteiger partial charge on any atom is -0.353 e.